The molecule has 0 saturated carbocycles. The normalized spacial score (nSPS) is 12.1. The first-order valence-electron chi connectivity index (χ1n) is 6.71. The van der Waals surface area contributed by atoms with Gasteiger partial charge in [0.1, 0.15) is 6.33 Å². The fourth-order valence-electron chi connectivity index (χ4n) is 1.62. The predicted molar refractivity (Wildman–Crippen MR) is 83.2 cm³/mol. The van der Waals surface area contributed by atoms with Crippen molar-refractivity contribution in [1.82, 2.24) is 25.8 Å². The first-order chi connectivity index (χ1) is 10.2. The third-order valence-corrected chi connectivity index (χ3v) is 3.99. The number of amides is 1. The van der Waals surface area contributed by atoms with Crippen molar-refractivity contribution in [3.05, 3.63) is 41.7 Å². The third kappa shape index (κ3) is 4.87. The number of thioether (sulfide) groups is 1. The number of likely N-dealkylation sites (N-methyl/N-ethyl adjacent to an activating group) is 1. The predicted octanol–water partition coefficient (Wildman–Crippen LogP) is 1.43. The average molecular weight is 305 g/mol. The minimum Gasteiger partial charge on any atom is -0.350 e. The van der Waals surface area contributed by atoms with E-state index in [1.54, 1.807) is 11.8 Å². The molecule has 1 amide bonds. The van der Waals surface area contributed by atoms with E-state index in [0.717, 1.165) is 16.5 Å². The molecule has 1 aromatic heterocycles. The first-order valence-corrected chi connectivity index (χ1v) is 7.70. The highest BCUT2D eigenvalue weighted by Gasteiger charge is 2.07. The summed E-state index contributed by atoms with van der Waals surface area (Å²) in [6, 6.07) is 7.86. The van der Waals surface area contributed by atoms with Crippen LogP contribution in [0.2, 0.25) is 0 Å². The van der Waals surface area contributed by atoms with Gasteiger partial charge in [-0.2, -0.15) is 5.10 Å². The van der Waals surface area contributed by atoms with Crippen LogP contribution < -0.4 is 10.6 Å². The number of H-pyrrole nitrogens is 1. The summed E-state index contributed by atoms with van der Waals surface area (Å²) in [7, 11) is 1.87. The van der Waals surface area contributed by atoms with Crippen molar-refractivity contribution in [3.63, 3.8) is 0 Å². The number of benzene rings is 1. The van der Waals surface area contributed by atoms with Gasteiger partial charge >= 0.3 is 0 Å². The largest absolute Gasteiger partial charge is 0.350 e. The van der Waals surface area contributed by atoms with Gasteiger partial charge in [-0.05, 0) is 31.7 Å². The number of carbonyl (C=O) groups is 1. The molecule has 1 heterocycles. The average Bonchev–Trinajstić information content (AvgIpc) is 3.04. The molecule has 0 radical (unpaired) electrons. The van der Waals surface area contributed by atoms with Gasteiger partial charge in [0.2, 0.25) is 0 Å². The second-order valence-electron chi connectivity index (χ2n) is 4.68. The van der Waals surface area contributed by atoms with Gasteiger partial charge in [0, 0.05) is 23.9 Å². The number of hydrogen-bond donors (Lipinski definition) is 3. The van der Waals surface area contributed by atoms with Crippen molar-refractivity contribution < 1.29 is 4.79 Å². The molecule has 7 heteroatoms. The SMILES string of the molecule is CNC(C)CNC(=O)c1ccc(CSc2ncn[nH]2)cc1. The van der Waals surface area contributed by atoms with Crippen LogP contribution in [-0.2, 0) is 5.75 Å². The molecule has 21 heavy (non-hydrogen) atoms. The van der Waals surface area contributed by atoms with Crippen LogP contribution in [0.1, 0.15) is 22.8 Å². The molecule has 0 aliphatic carbocycles. The van der Waals surface area contributed by atoms with Crippen molar-refractivity contribution in [3.8, 4) is 0 Å². The van der Waals surface area contributed by atoms with Gasteiger partial charge in [0.15, 0.2) is 5.16 Å². The number of rotatable bonds is 7. The zero-order valence-corrected chi connectivity index (χ0v) is 12.9. The molecule has 0 spiro atoms. The van der Waals surface area contributed by atoms with E-state index in [-0.39, 0.29) is 11.9 Å². The highest BCUT2D eigenvalue weighted by molar-refractivity contribution is 7.98. The maximum atomic E-state index is 12.0. The minimum absolute atomic E-state index is 0.0495. The van der Waals surface area contributed by atoms with Crippen molar-refractivity contribution in [2.24, 2.45) is 0 Å². The van der Waals surface area contributed by atoms with Gasteiger partial charge < -0.3 is 10.6 Å². The van der Waals surface area contributed by atoms with Crippen molar-refractivity contribution in [1.29, 1.82) is 0 Å². The maximum absolute atomic E-state index is 12.0. The number of carbonyl (C=O) groups excluding carboxylic acids is 1. The Morgan fingerprint density at radius 3 is 2.76 bits per heavy atom. The van der Waals surface area contributed by atoms with Crippen LogP contribution in [0.4, 0.5) is 0 Å². The third-order valence-electron chi connectivity index (χ3n) is 3.05. The lowest BCUT2D eigenvalue weighted by Gasteiger charge is -2.11. The molecular weight excluding hydrogens is 286 g/mol. The summed E-state index contributed by atoms with van der Waals surface area (Å²) in [5.41, 5.74) is 1.81. The second-order valence-corrected chi connectivity index (χ2v) is 5.64. The van der Waals surface area contributed by atoms with Gasteiger partial charge in [-0.3, -0.25) is 9.89 Å². The fourth-order valence-corrected chi connectivity index (χ4v) is 2.35. The molecule has 0 bridgehead atoms. The first kappa shape index (κ1) is 15.5. The summed E-state index contributed by atoms with van der Waals surface area (Å²) in [6.07, 6.45) is 1.49. The highest BCUT2D eigenvalue weighted by atomic mass is 32.2. The molecule has 1 aromatic carbocycles. The summed E-state index contributed by atoms with van der Waals surface area (Å²) < 4.78 is 0. The Bertz CT molecular complexity index is 555. The zero-order chi connectivity index (χ0) is 15.1. The van der Waals surface area contributed by atoms with E-state index < -0.39 is 0 Å². The highest BCUT2D eigenvalue weighted by Crippen LogP contribution is 2.18. The van der Waals surface area contributed by atoms with E-state index in [2.05, 4.69) is 25.8 Å². The van der Waals surface area contributed by atoms with Gasteiger partial charge in [0.25, 0.3) is 5.91 Å². The van der Waals surface area contributed by atoms with Gasteiger partial charge in [-0.25, -0.2) is 4.98 Å². The Hall–Kier alpha value is -1.86. The van der Waals surface area contributed by atoms with Gasteiger partial charge in [-0.15, -0.1) is 0 Å². The summed E-state index contributed by atoms with van der Waals surface area (Å²) in [6.45, 7) is 2.63. The van der Waals surface area contributed by atoms with Crippen LogP contribution in [-0.4, -0.2) is 40.7 Å². The van der Waals surface area contributed by atoms with E-state index in [1.165, 1.54) is 6.33 Å². The van der Waals surface area contributed by atoms with Gasteiger partial charge in [0.05, 0.1) is 0 Å². The Morgan fingerprint density at radius 2 is 2.14 bits per heavy atom. The van der Waals surface area contributed by atoms with Crippen LogP contribution in [0.25, 0.3) is 0 Å². The maximum Gasteiger partial charge on any atom is 0.251 e. The fraction of sp³-hybridized carbons (Fsp3) is 0.357. The van der Waals surface area contributed by atoms with E-state index >= 15 is 0 Å². The van der Waals surface area contributed by atoms with E-state index in [0.29, 0.717) is 12.1 Å². The monoisotopic (exact) mass is 305 g/mol. The summed E-state index contributed by atoms with van der Waals surface area (Å²) in [4.78, 5) is 16.0. The topological polar surface area (TPSA) is 82.7 Å². The van der Waals surface area contributed by atoms with Crippen molar-refractivity contribution in [2.75, 3.05) is 13.6 Å². The second kappa shape index (κ2) is 7.80. The molecule has 2 aromatic rings. The molecule has 1 unspecified atom stereocenters. The van der Waals surface area contributed by atoms with Gasteiger partial charge in [-0.1, -0.05) is 23.9 Å². The standard InChI is InChI=1S/C14H19N5OS/c1-10(15-2)7-16-13(20)12-5-3-11(4-6-12)8-21-14-17-9-18-19-14/h3-6,9-10,15H,7-8H2,1-2H3,(H,16,20)(H,17,18,19). The van der Waals surface area contributed by atoms with Crippen LogP contribution in [0.3, 0.4) is 0 Å². The molecule has 0 aliphatic rings. The molecule has 1 atom stereocenters. The number of nitrogens with zero attached hydrogens (tertiary/aromatic N) is 2. The van der Waals surface area contributed by atoms with E-state index in [1.807, 2.05) is 38.2 Å². The number of aromatic amines is 1. The van der Waals surface area contributed by atoms with Crippen LogP contribution in [0, 0.1) is 0 Å². The molecule has 3 N–H and O–H groups in total. The summed E-state index contributed by atoms with van der Waals surface area (Å²) >= 11 is 1.57. The van der Waals surface area contributed by atoms with Crippen LogP contribution in [0.15, 0.2) is 35.7 Å². The number of aromatic nitrogens is 3. The Labute approximate surface area is 128 Å². The smallest absolute Gasteiger partial charge is 0.251 e. The summed E-state index contributed by atoms with van der Waals surface area (Å²) in [5, 5.41) is 13.4. The molecule has 0 saturated heterocycles. The Balaban J connectivity index is 1.84. The lowest BCUT2D eigenvalue weighted by Crippen LogP contribution is -2.37. The zero-order valence-electron chi connectivity index (χ0n) is 12.1. The number of nitrogens with one attached hydrogen (secondary N) is 3. The number of hydrogen-bond acceptors (Lipinski definition) is 5. The molecule has 6 nitrogen and oxygen atoms in total. The molecular formula is C14H19N5OS. The van der Waals surface area contributed by atoms with Crippen molar-refractivity contribution >= 4 is 17.7 Å². The lowest BCUT2D eigenvalue weighted by molar-refractivity contribution is 0.0950. The Kier molecular flexibility index (Phi) is 5.77. The Morgan fingerprint density at radius 1 is 1.38 bits per heavy atom. The molecule has 0 aliphatic heterocycles. The van der Waals surface area contributed by atoms with Crippen molar-refractivity contribution in [2.45, 2.75) is 23.9 Å². The molecule has 112 valence electrons. The minimum atomic E-state index is -0.0495. The molecule has 0 fully saturated rings. The lowest BCUT2D eigenvalue weighted by atomic mass is 10.1. The van der Waals surface area contributed by atoms with E-state index in [9.17, 15) is 4.79 Å². The van der Waals surface area contributed by atoms with Crippen LogP contribution >= 0.6 is 11.8 Å². The molecule has 2 rings (SSSR count). The van der Waals surface area contributed by atoms with E-state index in [4.69, 9.17) is 0 Å². The summed E-state index contributed by atoms with van der Waals surface area (Å²) in [5.74, 6) is 0.736. The quantitative estimate of drug-likeness (QED) is 0.674. The van der Waals surface area contributed by atoms with Crippen LogP contribution in [0.5, 0.6) is 0 Å².